The van der Waals surface area contributed by atoms with Gasteiger partial charge in [0.15, 0.2) is 11.6 Å². The first kappa shape index (κ1) is 10.3. The van der Waals surface area contributed by atoms with Gasteiger partial charge in [0.05, 0.1) is 25.1 Å². The number of ether oxygens (including phenoxy) is 1. The maximum Gasteiger partial charge on any atom is 0.215 e. The molecule has 0 spiro atoms. The fraction of sp³-hybridized carbons (Fsp3) is 0.200. The Bertz CT molecular complexity index is 508. The van der Waals surface area contributed by atoms with E-state index in [0.29, 0.717) is 17.3 Å². The van der Waals surface area contributed by atoms with E-state index in [1.54, 1.807) is 12.1 Å². The average molecular weight is 218 g/mol. The predicted molar refractivity (Wildman–Crippen MR) is 55.7 cm³/mol. The van der Waals surface area contributed by atoms with Gasteiger partial charge in [0.25, 0.3) is 0 Å². The molecule has 0 saturated heterocycles. The highest BCUT2D eigenvalue weighted by atomic mass is 16.5. The number of rotatable bonds is 3. The van der Waals surface area contributed by atoms with Crippen LogP contribution in [0.5, 0.6) is 5.88 Å². The minimum Gasteiger partial charge on any atom is -0.481 e. The first-order chi connectivity index (χ1) is 7.72. The lowest BCUT2D eigenvalue weighted by atomic mass is 10.2. The molecule has 0 aliphatic carbocycles. The SMILES string of the molecule is COc1ccc(C(C)=O)c(-n2nccn2)n1. The van der Waals surface area contributed by atoms with Gasteiger partial charge in [-0.15, -0.1) is 4.80 Å². The summed E-state index contributed by atoms with van der Waals surface area (Å²) in [5, 5.41) is 7.88. The largest absolute Gasteiger partial charge is 0.481 e. The molecule has 6 heteroatoms. The maximum atomic E-state index is 11.4. The Balaban J connectivity index is 2.59. The van der Waals surface area contributed by atoms with Gasteiger partial charge in [-0.3, -0.25) is 4.79 Å². The normalized spacial score (nSPS) is 10.1. The summed E-state index contributed by atoms with van der Waals surface area (Å²) in [6, 6.07) is 3.27. The molecule has 0 N–H and O–H groups in total. The van der Waals surface area contributed by atoms with Gasteiger partial charge in [0.2, 0.25) is 5.88 Å². The Kier molecular flexibility index (Phi) is 2.63. The minimum atomic E-state index is -0.0950. The van der Waals surface area contributed by atoms with Gasteiger partial charge < -0.3 is 4.74 Å². The van der Waals surface area contributed by atoms with E-state index in [9.17, 15) is 4.79 Å². The predicted octanol–water partition coefficient (Wildman–Crippen LogP) is 0.873. The van der Waals surface area contributed by atoms with Crippen molar-refractivity contribution in [3.8, 4) is 11.7 Å². The summed E-state index contributed by atoms with van der Waals surface area (Å²) in [7, 11) is 1.51. The van der Waals surface area contributed by atoms with E-state index >= 15 is 0 Å². The van der Waals surface area contributed by atoms with E-state index in [2.05, 4.69) is 15.2 Å². The number of pyridine rings is 1. The number of Topliss-reactive ketones (excluding diaryl/α,β-unsaturated/α-hetero) is 1. The van der Waals surface area contributed by atoms with Crippen LogP contribution in [0.15, 0.2) is 24.5 Å². The van der Waals surface area contributed by atoms with Crippen molar-refractivity contribution in [2.24, 2.45) is 0 Å². The number of carbonyl (C=O) groups is 1. The summed E-state index contributed by atoms with van der Waals surface area (Å²) >= 11 is 0. The number of carbonyl (C=O) groups excluding carboxylic acids is 1. The first-order valence-electron chi connectivity index (χ1n) is 4.65. The third-order valence-corrected chi connectivity index (χ3v) is 2.05. The fourth-order valence-corrected chi connectivity index (χ4v) is 1.30. The molecule has 2 rings (SSSR count). The summed E-state index contributed by atoms with van der Waals surface area (Å²) in [6.45, 7) is 1.47. The number of nitrogens with zero attached hydrogens (tertiary/aromatic N) is 4. The van der Waals surface area contributed by atoms with Gasteiger partial charge in [-0.1, -0.05) is 0 Å². The van der Waals surface area contributed by atoms with Gasteiger partial charge in [-0.05, 0) is 13.0 Å². The third kappa shape index (κ3) is 1.77. The quantitative estimate of drug-likeness (QED) is 0.715. The van der Waals surface area contributed by atoms with Crippen molar-refractivity contribution >= 4 is 5.78 Å². The molecule has 0 bridgehead atoms. The molecule has 82 valence electrons. The summed E-state index contributed by atoms with van der Waals surface area (Å²) in [5.74, 6) is 0.691. The Morgan fingerprint density at radius 3 is 2.56 bits per heavy atom. The van der Waals surface area contributed by atoms with Gasteiger partial charge in [0, 0.05) is 6.07 Å². The van der Waals surface area contributed by atoms with Crippen molar-refractivity contribution in [1.82, 2.24) is 20.0 Å². The van der Waals surface area contributed by atoms with Crippen LogP contribution in [0.4, 0.5) is 0 Å². The van der Waals surface area contributed by atoms with Crippen molar-refractivity contribution < 1.29 is 9.53 Å². The van der Waals surface area contributed by atoms with Crippen LogP contribution < -0.4 is 4.74 Å². The van der Waals surface area contributed by atoms with Crippen LogP contribution in [0.1, 0.15) is 17.3 Å². The summed E-state index contributed by atoms with van der Waals surface area (Å²) in [5.41, 5.74) is 0.456. The molecule has 2 aromatic rings. The van der Waals surface area contributed by atoms with Crippen LogP contribution in [0.3, 0.4) is 0 Å². The Labute approximate surface area is 91.9 Å². The van der Waals surface area contributed by atoms with Gasteiger partial charge in [-0.2, -0.15) is 15.2 Å². The molecule has 0 fully saturated rings. The van der Waals surface area contributed by atoms with Gasteiger partial charge in [0.1, 0.15) is 0 Å². The lowest BCUT2D eigenvalue weighted by molar-refractivity contribution is 0.101. The summed E-state index contributed by atoms with van der Waals surface area (Å²) < 4.78 is 5.00. The second-order valence-electron chi connectivity index (χ2n) is 3.10. The van der Waals surface area contributed by atoms with Crippen molar-refractivity contribution in [3.05, 3.63) is 30.1 Å². The van der Waals surface area contributed by atoms with Gasteiger partial charge in [-0.25, -0.2) is 0 Å². The molecule has 0 saturated carbocycles. The van der Waals surface area contributed by atoms with E-state index in [4.69, 9.17) is 4.74 Å². The van der Waals surface area contributed by atoms with Crippen molar-refractivity contribution in [1.29, 1.82) is 0 Å². The molecule has 0 aliphatic heterocycles. The molecule has 0 atom stereocenters. The van der Waals surface area contributed by atoms with Crippen LogP contribution in [0, 0.1) is 0 Å². The topological polar surface area (TPSA) is 69.9 Å². The monoisotopic (exact) mass is 218 g/mol. The second-order valence-corrected chi connectivity index (χ2v) is 3.10. The molecular weight excluding hydrogens is 208 g/mol. The van der Waals surface area contributed by atoms with E-state index in [1.165, 1.54) is 31.2 Å². The number of hydrogen-bond donors (Lipinski definition) is 0. The number of ketones is 1. The second kappa shape index (κ2) is 4.09. The smallest absolute Gasteiger partial charge is 0.215 e. The fourth-order valence-electron chi connectivity index (χ4n) is 1.30. The molecular formula is C10H10N4O2. The lowest BCUT2D eigenvalue weighted by Crippen LogP contribution is -2.09. The minimum absolute atomic E-state index is 0.0950. The zero-order valence-electron chi connectivity index (χ0n) is 8.91. The Morgan fingerprint density at radius 1 is 1.31 bits per heavy atom. The maximum absolute atomic E-state index is 11.4. The highest BCUT2D eigenvalue weighted by Gasteiger charge is 2.13. The molecule has 6 nitrogen and oxygen atoms in total. The summed E-state index contributed by atoms with van der Waals surface area (Å²) in [4.78, 5) is 16.9. The Morgan fingerprint density at radius 2 is 2.00 bits per heavy atom. The van der Waals surface area contributed by atoms with Crippen LogP contribution >= 0.6 is 0 Å². The average Bonchev–Trinajstić information content (AvgIpc) is 2.81. The van der Waals surface area contributed by atoms with E-state index in [-0.39, 0.29) is 5.78 Å². The molecule has 0 unspecified atom stereocenters. The van der Waals surface area contributed by atoms with Crippen molar-refractivity contribution in [3.63, 3.8) is 0 Å². The van der Waals surface area contributed by atoms with Crippen LogP contribution in [-0.2, 0) is 0 Å². The summed E-state index contributed by atoms with van der Waals surface area (Å²) in [6.07, 6.45) is 3.04. The Hall–Kier alpha value is -2.24. The highest BCUT2D eigenvalue weighted by molar-refractivity contribution is 5.96. The highest BCUT2D eigenvalue weighted by Crippen LogP contribution is 2.15. The van der Waals surface area contributed by atoms with Gasteiger partial charge >= 0.3 is 0 Å². The molecule has 16 heavy (non-hydrogen) atoms. The van der Waals surface area contributed by atoms with Crippen LogP contribution in [0.25, 0.3) is 5.82 Å². The number of hydrogen-bond acceptors (Lipinski definition) is 5. The molecule has 0 radical (unpaired) electrons. The number of aromatic nitrogens is 4. The van der Waals surface area contributed by atoms with E-state index in [1.807, 2.05) is 0 Å². The molecule has 2 aromatic heterocycles. The van der Waals surface area contributed by atoms with Crippen molar-refractivity contribution in [2.45, 2.75) is 6.92 Å². The van der Waals surface area contributed by atoms with E-state index < -0.39 is 0 Å². The molecule has 0 aromatic carbocycles. The standard InChI is InChI=1S/C10H10N4O2/c1-7(15)8-3-4-9(16-2)13-10(8)14-11-5-6-12-14/h3-6H,1-2H3. The molecule has 2 heterocycles. The lowest BCUT2D eigenvalue weighted by Gasteiger charge is -2.06. The molecule has 0 aliphatic rings. The third-order valence-electron chi connectivity index (χ3n) is 2.05. The number of methoxy groups -OCH3 is 1. The van der Waals surface area contributed by atoms with Crippen LogP contribution in [-0.4, -0.2) is 32.9 Å². The van der Waals surface area contributed by atoms with Crippen molar-refractivity contribution in [2.75, 3.05) is 7.11 Å². The molecule has 0 amide bonds. The zero-order chi connectivity index (χ0) is 11.5. The zero-order valence-corrected chi connectivity index (χ0v) is 8.91. The van der Waals surface area contributed by atoms with E-state index in [0.717, 1.165) is 0 Å². The first-order valence-corrected chi connectivity index (χ1v) is 4.65. The van der Waals surface area contributed by atoms with Crippen LogP contribution in [0.2, 0.25) is 0 Å².